The van der Waals surface area contributed by atoms with E-state index in [9.17, 15) is 4.79 Å². The summed E-state index contributed by atoms with van der Waals surface area (Å²) in [7, 11) is 0. The lowest BCUT2D eigenvalue weighted by Gasteiger charge is -2.08. The topological polar surface area (TPSA) is 40.5 Å². The van der Waals surface area contributed by atoms with Crippen molar-refractivity contribution in [3.8, 4) is 0 Å². The average Bonchev–Trinajstić information content (AvgIpc) is 2.10. The molecule has 0 aromatic heterocycles. The summed E-state index contributed by atoms with van der Waals surface area (Å²) in [5, 5.41) is 9.67. The van der Waals surface area contributed by atoms with Gasteiger partial charge in [0, 0.05) is 6.92 Å². The Kier molecular flexibility index (Phi) is 7.30. The van der Waals surface area contributed by atoms with Crippen molar-refractivity contribution >= 4 is 5.91 Å². The highest BCUT2D eigenvalue weighted by atomic mass is 16.5. The second-order valence-corrected chi connectivity index (χ2v) is 3.07. The van der Waals surface area contributed by atoms with Crippen molar-refractivity contribution in [3.63, 3.8) is 0 Å². The molecule has 0 bridgehead atoms. The first-order valence-electron chi connectivity index (χ1n) is 4.80. The number of hydrogen-bond donors (Lipinski definition) is 1. The minimum Gasteiger partial charge on any atom is -0.286 e. The highest BCUT2D eigenvalue weighted by molar-refractivity contribution is 5.71. The number of carbonyl (C=O) groups excluding carboxylic acids is 1. The third-order valence-electron chi connectivity index (χ3n) is 1.78. The zero-order chi connectivity index (χ0) is 10.1. The predicted octanol–water partition coefficient (Wildman–Crippen LogP) is 2.36. The Morgan fingerprint density at radius 2 is 2.08 bits per heavy atom. The van der Waals surface area contributed by atoms with Crippen LogP contribution in [0.4, 0.5) is 0 Å². The summed E-state index contributed by atoms with van der Waals surface area (Å²) in [6.45, 7) is 3.79. The van der Waals surface area contributed by atoms with E-state index in [-0.39, 0.29) is 5.91 Å². The largest absolute Gasteiger partial charge is 0.286 e. The van der Waals surface area contributed by atoms with Crippen LogP contribution in [0.3, 0.4) is 0 Å². The molecule has 3 nitrogen and oxygen atoms in total. The molecule has 0 rings (SSSR count). The van der Waals surface area contributed by atoms with Crippen molar-refractivity contribution in [2.24, 2.45) is 0 Å². The number of rotatable bonds is 6. The van der Waals surface area contributed by atoms with Gasteiger partial charge in [-0.2, -0.15) is 0 Å². The standard InChI is InChI=1S/C10H19NO2/c1-3-4-5-6-7-8-9-11(13)10(2)12/h7-8,13H,3-6,9H2,1-2H3/b8-7+. The molecule has 0 aliphatic rings. The van der Waals surface area contributed by atoms with E-state index in [1.165, 1.54) is 26.2 Å². The minimum absolute atomic E-state index is 0.293. The first-order valence-corrected chi connectivity index (χ1v) is 4.80. The van der Waals surface area contributed by atoms with Crippen LogP contribution in [0.5, 0.6) is 0 Å². The molecule has 13 heavy (non-hydrogen) atoms. The SMILES string of the molecule is CCCCC/C=C/CN(O)C(C)=O. The third kappa shape index (κ3) is 7.53. The fraction of sp³-hybridized carbons (Fsp3) is 0.700. The molecule has 0 radical (unpaired) electrons. The zero-order valence-corrected chi connectivity index (χ0v) is 8.49. The summed E-state index contributed by atoms with van der Waals surface area (Å²) in [4.78, 5) is 10.6. The van der Waals surface area contributed by atoms with Gasteiger partial charge < -0.3 is 0 Å². The summed E-state index contributed by atoms with van der Waals surface area (Å²) < 4.78 is 0. The predicted molar refractivity (Wildman–Crippen MR) is 52.5 cm³/mol. The molecule has 3 heteroatoms. The van der Waals surface area contributed by atoms with Gasteiger partial charge in [0.05, 0.1) is 6.54 Å². The monoisotopic (exact) mass is 185 g/mol. The van der Waals surface area contributed by atoms with Crippen LogP contribution in [0, 0.1) is 0 Å². The molecule has 1 N–H and O–H groups in total. The van der Waals surface area contributed by atoms with Crippen LogP contribution in [0.15, 0.2) is 12.2 Å². The van der Waals surface area contributed by atoms with Crippen molar-refractivity contribution in [1.29, 1.82) is 0 Å². The molecular formula is C10H19NO2. The van der Waals surface area contributed by atoms with Crippen molar-refractivity contribution in [2.75, 3.05) is 6.54 Å². The van der Waals surface area contributed by atoms with E-state index in [4.69, 9.17) is 5.21 Å². The summed E-state index contributed by atoms with van der Waals surface area (Å²) in [5.41, 5.74) is 0. The summed E-state index contributed by atoms with van der Waals surface area (Å²) in [6.07, 6.45) is 8.48. The molecule has 0 heterocycles. The van der Waals surface area contributed by atoms with Crippen LogP contribution in [0.2, 0.25) is 0 Å². The van der Waals surface area contributed by atoms with E-state index in [0.717, 1.165) is 6.42 Å². The second kappa shape index (κ2) is 7.80. The van der Waals surface area contributed by atoms with Gasteiger partial charge in [-0.1, -0.05) is 31.9 Å². The van der Waals surface area contributed by atoms with Crippen LogP contribution in [-0.2, 0) is 4.79 Å². The molecule has 0 aliphatic carbocycles. The van der Waals surface area contributed by atoms with Gasteiger partial charge in [-0.25, -0.2) is 5.06 Å². The van der Waals surface area contributed by atoms with Crippen molar-refractivity contribution < 1.29 is 10.0 Å². The Labute approximate surface area is 80.0 Å². The van der Waals surface area contributed by atoms with E-state index in [2.05, 4.69) is 6.92 Å². The van der Waals surface area contributed by atoms with Crippen LogP contribution in [0.25, 0.3) is 0 Å². The fourth-order valence-corrected chi connectivity index (χ4v) is 0.933. The average molecular weight is 185 g/mol. The smallest absolute Gasteiger partial charge is 0.243 e. The van der Waals surface area contributed by atoms with Gasteiger partial charge >= 0.3 is 0 Å². The molecular weight excluding hydrogens is 166 g/mol. The van der Waals surface area contributed by atoms with E-state index >= 15 is 0 Å². The van der Waals surface area contributed by atoms with Crippen LogP contribution < -0.4 is 0 Å². The summed E-state index contributed by atoms with van der Waals surface area (Å²) in [5.74, 6) is -0.321. The molecule has 0 aromatic rings. The number of carbonyl (C=O) groups is 1. The number of allylic oxidation sites excluding steroid dienone is 1. The molecule has 0 aliphatic heterocycles. The molecule has 0 aromatic carbocycles. The maximum absolute atomic E-state index is 10.6. The zero-order valence-electron chi connectivity index (χ0n) is 8.49. The first kappa shape index (κ1) is 12.2. The normalized spacial score (nSPS) is 10.7. The lowest BCUT2D eigenvalue weighted by atomic mass is 10.2. The lowest BCUT2D eigenvalue weighted by molar-refractivity contribution is -0.160. The quantitative estimate of drug-likeness (QED) is 0.299. The number of hydrogen-bond acceptors (Lipinski definition) is 2. The Morgan fingerprint density at radius 1 is 1.38 bits per heavy atom. The highest BCUT2D eigenvalue weighted by Crippen LogP contribution is 1.99. The van der Waals surface area contributed by atoms with Gasteiger partial charge in [-0.15, -0.1) is 0 Å². The number of nitrogens with zero attached hydrogens (tertiary/aromatic N) is 1. The molecule has 0 atom stereocenters. The highest BCUT2D eigenvalue weighted by Gasteiger charge is 1.98. The van der Waals surface area contributed by atoms with Gasteiger partial charge in [0.15, 0.2) is 0 Å². The van der Waals surface area contributed by atoms with Gasteiger partial charge in [-0.05, 0) is 12.8 Å². The number of amides is 1. The second-order valence-electron chi connectivity index (χ2n) is 3.07. The van der Waals surface area contributed by atoms with Gasteiger partial charge in [-0.3, -0.25) is 10.0 Å². The molecule has 0 saturated carbocycles. The maximum Gasteiger partial charge on any atom is 0.243 e. The Hall–Kier alpha value is -0.830. The van der Waals surface area contributed by atoms with Crippen LogP contribution >= 0.6 is 0 Å². The minimum atomic E-state index is -0.321. The molecule has 1 amide bonds. The van der Waals surface area contributed by atoms with E-state index in [0.29, 0.717) is 11.6 Å². The van der Waals surface area contributed by atoms with E-state index in [1.807, 2.05) is 12.2 Å². The Morgan fingerprint density at radius 3 is 2.62 bits per heavy atom. The lowest BCUT2D eigenvalue weighted by Crippen LogP contribution is -2.24. The summed E-state index contributed by atoms with van der Waals surface area (Å²) in [6, 6.07) is 0. The Balaban J connectivity index is 3.35. The van der Waals surface area contributed by atoms with Gasteiger partial charge in [0.1, 0.15) is 0 Å². The molecule has 0 spiro atoms. The van der Waals surface area contributed by atoms with Gasteiger partial charge in [0.2, 0.25) is 5.91 Å². The van der Waals surface area contributed by atoms with E-state index < -0.39 is 0 Å². The van der Waals surface area contributed by atoms with Crippen LogP contribution in [0.1, 0.15) is 39.5 Å². The van der Waals surface area contributed by atoms with Crippen molar-refractivity contribution in [3.05, 3.63) is 12.2 Å². The number of unbranched alkanes of at least 4 members (excludes halogenated alkanes) is 3. The molecule has 76 valence electrons. The summed E-state index contributed by atoms with van der Waals surface area (Å²) >= 11 is 0. The van der Waals surface area contributed by atoms with Crippen molar-refractivity contribution in [2.45, 2.75) is 39.5 Å². The Bertz CT molecular complexity index is 166. The molecule has 0 unspecified atom stereocenters. The first-order chi connectivity index (χ1) is 6.18. The maximum atomic E-state index is 10.6. The van der Waals surface area contributed by atoms with Gasteiger partial charge in [0.25, 0.3) is 0 Å². The fourth-order valence-electron chi connectivity index (χ4n) is 0.933. The van der Waals surface area contributed by atoms with E-state index in [1.54, 1.807) is 0 Å². The van der Waals surface area contributed by atoms with Crippen LogP contribution in [-0.4, -0.2) is 22.7 Å². The third-order valence-corrected chi connectivity index (χ3v) is 1.78. The van der Waals surface area contributed by atoms with Crippen molar-refractivity contribution in [1.82, 2.24) is 5.06 Å². The number of hydroxylamine groups is 2. The molecule has 0 saturated heterocycles. The molecule has 0 fully saturated rings.